The smallest absolute Gasteiger partial charge is 0.325 e. The molecule has 7 N–H and O–H groups in total. The minimum atomic E-state index is -1.24. The zero-order valence-corrected chi connectivity index (χ0v) is 20.3. The topological polar surface area (TPSA) is 212 Å². The van der Waals surface area contributed by atoms with Gasteiger partial charge in [0, 0.05) is 6.92 Å². The van der Waals surface area contributed by atoms with E-state index in [2.05, 4.69) is 31.9 Å². The lowest BCUT2D eigenvalue weighted by Gasteiger charge is -2.22. The average Bonchev–Trinajstić information content (AvgIpc) is 2.72. The highest BCUT2D eigenvalue weighted by atomic mass is 16.4. The van der Waals surface area contributed by atoms with Gasteiger partial charge in [0.1, 0.15) is 36.3 Å². The van der Waals surface area contributed by atoms with Gasteiger partial charge in [0.25, 0.3) is 0 Å². The van der Waals surface area contributed by atoms with Crippen LogP contribution in [0.15, 0.2) is 0 Å². The van der Waals surface area contributed by atoms with Crippen molar-refractivity contribution in [3.8, 4) is 0 Å². The zero-order valence-electron chi connectivity index (χ0n) is 20.3. The number of rotatable bonds is 12. The van der Waals surface area contributed by atoms with Crippen LogP contribution in [-0.4, -0.2) is 82.8 Å². The normalized spacial score (nSPS) is 15.7. The monoisotopic (exact) mass is 486 g/mol. The number of carbonyl (C=O) groups is 7. The zero-order chi connectivity index (χ0) is 26.7. The lowest BCUT2D eigenvalue weighted by Crippen LogP contribution is -2.57. The molecule has 34 heavy (non-hydrogen) atoms. The first-order valence-corrected chi connectivity index (χ1v) is 10.6. The molecule has 0 rings (SSSR count). The van der Waals surface area contributed by atoms with Crippen molar-refractivity contribution in [2.24, 2.45) is 0 Å². The lowest BCUT2D eigenvalue weighted by molar-refractivity contribution is -0.141. The molecule has 0 radical (unpaired) electrons. The van der Waals surface area contributed by atoms with E-state index in [-0.39, 0.29) is 0 Å². The van der Waals surface area contributed by atoms with E-state index in [1.165, 1.54) is 48.5 Å². The Kier molecular flexibility index (Phi) is 12.2. The van der Waals surface area contributed by atoms with Crippen molar-refractivity contribution >= 4 is 41.4 Å². The number of aliphatic carboxylic acids is 1. The van der Waals surface area contributed by atoms with Crippen LogP contribution in [0.5, 0.6) is 0 Å². The molecule has 0 saturated carbocycles. The molecule has 0 aliphatic carbocycles. The number of hydrogen-bond acceptors (Lipinski definition) is 7. The molecule has 14 nitrogen and oxygen atoms in total. The second kappa shape index (κ2) is 13.7. The van der Waals surface area contributed by atoms with Gasteiger partial charge in [-0.3, -0.25) is 33.6 Å². The molecule has 14 heteroatoms. The Bertz CT molecular complexity index is 817. The maximum atomic E-state index is 12.3. The Hall–Kier alpha value is -3.71. The molecule has 0 aliphatic heterocycles. The van der Waals surface area contributed by atoms with Gasteiger partial charge < -0.3 is 37.0 Å². The minimum absolute atomic E-state index is 0.409. The molecule has 192 valence electrons. The van der Waals surface area contributed by atoms with Crippen LogP contribution in [0.3, 0.4) is 0 Å². The third-order valence-corrected chi connectivity index (χ3v) is 4.55. The van der Waals surface area contributed by atoms with E-state index in [0.29, 0.717) is 0 Å². The highest BCUT2D eigenvalue weighted by Gasteiger charge is 2.26. The number of hydrogen-bond donors (Lipinski definition) is 7. The first kappa shape index (κ1) is 30.3. The van der Waals surface area contributed by atoms with Crippen molar-refractivity contribution in [1.29, 1.82) is 0 Å². The molecular formula is C20H34N6O8. The Balaban J connectivity index is 4.68. The van der Waals surface area contributed by atoms with Gasteiger partial charge in [0.05, 0.1) is 0 Å². The molecule has 0 bridgehead atoms. The van der Waals surface area contributed by atoms with E-state index < -0.39 is 77.7 Å². The molecule has 0 aromatic carbocycles. The Morgan fingerprint density at radius 2 is 0.647 bits per heavy atom. The maximum absolute atomic E-state index is 12.3. The van der Waals surface area contributed by atoms with E-state index in [4.69, 9.17) is 5.11 Å². The summed E-state index contributed by atoms with van der Waals surface area (Å²) in [5.41, 5.74) is 0. The molecule has 0 unspecified atom stereocenters. The minimum Gasteiger partial charge on any atom is -0.480 e. The summed E-state index contributed by atoms with van der Waals surface area (Å²) in [4.78, 5) is 82.5. The Labute approximate surface area is 197 Å². The van der Waals surface area contributed by atoms with Gasteiger partial charge in [0.15, 0.2) is 0 Å². The molecule has 6 amide bonds. The van der Waals surface area contributed by atoms with Crippen LogP contribution in [0.2, 0.25) is 0 Å². The molecular weight excluding hydrogens is 452 g/mol. The predicted molar refractivity (Wildman–Crippen MR) is 119 cm³/mol. The maximum Gasteiger partial charge on any atom is 0.325 e. The molecule has 0 spiro atoms. The molecule has 0 fully saturated rings. The molecule has 0 saturated heterocycles. The van der Waals surface area contributed by atoms with Crippen molar-refractivity contribution in [3.05, 3.63) is 0 Å². The van der Waals surface area contributed by atoms with Crippen LogP contribution in [-0.2, 0) is 33.6 Å². The van der Waals surface area contributed by atoms with Gasteiger partial charge in [0.2, 0.25) is 35.4 Å². The second-order valence-corrected chi connectivity index (χ2v) is 7.91. The fraction of sp³-hybridized carbons (Fsp3) is 0.650. The standard InChI is InChI=1S/C20H34N6O8/c1-8(21-14(7)27)15(28)22-9(2)16(29)23-10(3)17(30)24-11(4)18(31)25-12(5)19(32)26-13(6)20(33)34/h8-13H,1-7H3,(H,21,27)(H,22,28)(H,23,29)(H,24,30)(H,25,31)(H,26,32)(H,33,34)/t8-,9-,10-,11-,12-,13-/m0/s1. The molecule has 0 aliphatic rings. The van der Waals surface area contributed by atoms with Crippen LogP contribution in [0.4, 0.5) is 0 Å². The number of carboxylic acid groups (broad SMARTS) is 1. The fourth-order valence-electron chi connectivity index (χ4n) is 2.39. The van der Waals surface area contributed by atoms with Crippen molar-refractivity contribution < 1.29 is 38.7 Å². The quantitative estimate of drug-likeness (QED) is 0.152. The van der Waals surface area contributed by atoms with Gasteiger partial charge in [-0.1, -0.05) is 0 Å². The van der Waals surface area contributed by atoms with Crippen LogP contribution < -0.4 is 31.9 Å². The summed E-state index contributed by atoms with van der Waals surface area (Å²) in [5, 5.41) is 22.9. The van der Waals surface area contributed by atoms with Crippen LogP contribution in [0.25, 0.3) is 0 Å². The summed E-state index contributed by atoms with van der Waals surface area (Å²) in [6, 6.07) is -6.21. The SMILES string of the molecule is CC(=O)N[C@@H](C)C(=O)N[C@@H](C)C(=O)N[C@@H](C)C(=O)N[C@@H](C)C(=O)N[C@@H](C)C(=O)N[C@@H](C)C(=O)O. The molecule has 0 aromatic heterocycles. The van der Waals surface area contributed by atoms with Crippen molar-refractivity contribution in [2.75, 3.05) is 0 Å². The first-order chi connectivity index (χ1) is 15.6. The highest BCUT2D eigenvalue weighted by Crippen LogP contribution is 1.94. The number of amides is 6. The molecule has 0 heterocycles. The highest BCUT2D eigenvalue weighted by molar-refractivity contribution is 5.96. The third kappa shape index (κ3) is 10.7. The van der Waals surface area contributed by atoms with E-state index in [9.17, 15) is 33.6 Å². The number of carboxylic acids is 1. The summed E-state index contributed by atoms with van der Waals surface area (Å²) < 4.78 is 0. The van der Waals surface area contributed by atoms with Gasteiger partial charge >= 0.3 is 5.97 Å². The third-order valence-electron chi connectivity index (χ3n) is 4.55. The summed E-state index contributed by atoms with van der Waals surface area (Å²) >= 11 is 0. The van der Waals surface area contributed by atoms with Gasteiger partial charge in [-0.15, -0.1) is 0 Å². The summed E-state index contributed by atoms with van der Waals surface area (Å²) in [6.45, 7) is 9.43. The lowest BCUT2D eigenvalue weighted by atomic mass is 10.2. The van der Waals surface area contributed by atoms with Crippen LogP contribution in [0, 0.1) is 0 Å². The predicted octanol–water partition coefficient (Wildman–Crippen LogP) is -2.88. The van der Waals surface area contributed by atoms with Crippen molar-refractivity contribution in [3.63, 3.8) is 0 Å². The van der Waals surface area contributed by atoms with Crippen molar-refractivity contribution in [2.45, 2.75) is 84.7 Å². The van der Waals surface area contributed by atoms with Gasteiger partial charge in [-0.2, -0.15) is 0 Å². The summed E-state index contributed by atoms with van der Waals surface area (Å²) in [7, 11) is 0. The average molecular weight is 487 g/mol. The summed E-state index contributed by atoms with van der Waals surface area (Å²) in [5.74, 6) is -5.01. The fourth-order valence-corrected chi connectivity index (χ4v) is 2.39. The largest absolute Gasteiger partial charge is 0.480 e. The van der Waals surface area contributed by atoms with Gasteiger partial charge in [-0.05, 0) is 41.5 Å². The van der Waals surface area contributed by atoms with E-state index in [1.54, 1.807) is 0 Å². The number of nitrogens with one attached hydrogen (secondary N) is 6. The molecule has 0 aromatic rings. The van der Waals surface area contributed by atoms with Crippen LogP contribution in [0.1, 0.15) is 48.5 Å². The Morgan fingerprint density at radius 3 is 0.853 bits per heavy atom. The molecule has 6 atom stereocenters. The van der Waals surface area contributed by atoms with E-state index >= 15 is 0 Å². The first-order valence-electron chi connectivity index (χ1n) is 10.6. The Morgan fingerprint density at radius 1 is 0.441 bits per heavy atom. The van der Waals surface area contributed by atoms with E-state index in [1.807, 2.05) is 0 Å². The second-order valence-electron chi connectivity index (χ2n) is 7.91. The number of carbonyl (C=O) groups excluding carboxylic acids is 6. The van der Waals surface area contributed by atoms with Gasteiger partial charge in [-0.25, -0.2) is 0 Å². The summed E-state index contributed by atoms with van der Waals surface area (Å²) in [6.07, 6.45) is 0. The van der Waals surface area contributed by atoms with E-state index in [0.717, 1.165) is 0 Å². The van der Waals surface area contributed by atoms with Crippen molar-refractivity contribution in [1.82, 2.24) is 31.9 Å². The van der Waals surface area contributed by atoms with Crippen LogP contribution >= 0.6 is 0 Å².